The van der Waals surface area contributed by atoms with Crippen molar-refractivity contribution in [2.75, 3.05) is 0 Å². The first-order valence-electron chi connectivity index (χ1n) is 4.57. The molecule has 8 heteroatoms. The van der Waals surface area contributed by atoms with Crippen molar-refractivity contribution < 1.29 is 22.9 Å². The fourth-order valence-electron chi connectivity index (χ4n) is 0.710. The minimum Gasteiger partial charge on any atom is -0.478 e. The van der Waals surface area contributed by atoms with Crippen LogP contribution in [0.3, 0.4) is 0 Å². The van der Waals surface area contributed by atoms with Gasteiger partial charge in [0.15, 0.2) is 0 Å². The van der Waals surface area contributed by atoms with Gasteiger partial charge in [0.2, 0.25) is 0 Å². The molecule has 0 fully saturated rings. The molecule has 0 aliphatic carbocycles. The highest BCUT2D eigenvalue weighted by Crippen LogP contribution is 2.08. The number of hydrogen-bond donors (Lipinski definition) is 4. The summed E-state index contributed by atoms with van der Waals surface area (Å²) in [4.78, 5) is 9.53. The Hall–Kier alpha value is -1.74. The molecule has 0 saturated heterocycles. The number of carboxylic acids is 1. The van der Waals surface area contributed by atoms with Crippen molar-refractivity contribution in [1.82, 2.24) is 12.3 Å². The maximum absolute atomic E-state index is 10.5. The van der Waals surface area contributed by atoms with Crippen LogP contribution < -0.4 is 12.3 Å². The van der Waals surface area contributed by atoms with Crippen LogP contribution in [0.25, 0.3) is 0 Å². The molecule has 0 radical (unpaired) electrons. The summed E-state index contributed by atoms with van der Waals surface area (Å²) in [6, 6.07) is 5.99. The molecule has 0 spiro atoms. The fraction of sp³-hybridized carbons (Fsp3) is 0.182. The third kappa shape index (κ3) is 9.92. The summed E-state index contributed by atoms with van der Waals surface area (Å²) in [6.45, 7) is 6.44. The zero-order chi connectivity index (χ0) is 13.6. The Bertz CT molecular complexity index is 496. The molecule has 0 unspecified atom stereocenters. The van der Waals surface area contributed by atoms with E-state index in [1.54, 1.807) is 12.1 Å². The smallest absolute Gasteiger partial charge is 0.330 e. The van der Waals surface area contributed by atoms with Gasteiger partial charge in [0.1, 0.15) is 0 Å². The molecule has 0 atom stereocenters. The van der Waals surface area contributed by atoms with E-state index in [1.807, 2.05) is 6.92 Å². The molecule has 19 heavy (non-hydrogen) atoms. The van der Waals surface area contributed by atoms with Gasteiger partial charge in [0.25, 0.3) is 10.1 Å². The van der Waals surface area contributed by atoms with Gasteiger partial charge in [-0.25, -0.2) is 4.79 Å². The van der Waals surface area contributed by atoms with Crippen molar-refractivity contribution in [1.29, 1.82) is 0 Å². The number of benzene rings is 1. The summed E-state index contributed by atoms with van der Waals surface area (Å²) in [6.07, 6.45) is 0. The van der Waals surface area contributed by atoms with Crippen LogP contribution in [-0.2, 0) is 14.9 Å². The summed E-state index contributed by atoms with van der Waals surface area (Å²) in [5.41, 5.74) is 1.13. The molecule has 7 nitrogen and oxygen atoms in total. The summed E-state index contributed by atoms with van der Waals surface area (Å²) in [7, 11) is -4.02. The van der Waals surface area contributed by atoms with E-state index in [2.05, 4.69) is 6.58 Å². The van der Waals surface area contributed by atoms with Crippen LogP contribution >= 0.6 is 0 Å². The van der Waals surface area contributed by atoms with E-state index in [0.717, 1.165) is 5.56 Å². The molecule has 110 valence electrons. The molecule has 1 aromatic rings. The van der Waals surface area contributed by atoms with E-state index in [9.17, 15) is 13.2 Å². The third-order valence-corrected chi connectivity index (χ3v) is 2.55. The summed E-state index contributed by atoms with van der Waals surface area (Å²) in [5, 5.41) is 7.89. The second-order valence-electron chi connectivity index (χ2n) is 3.37. The molecule has 0 aromatic heterocycles. The van der Waals surface area contributed by atoms with Crippen molar-refractivity contribution in [2.24, 2.45) is 0 Å². The highest BCUT2D eigenvalue weighted by Gasteiger charge is 2.06. The standard InChI is InChI=1S/C7H8O3S.C4H6O2.2H3N/c1-6-2-4-7(5-3-6)11(8,9)10;1-3(2)4(5)6;;/h2-5H,1H3,(H,8,9,10);1H2,2H3,(H,5,6);2*1H3. The van der Waals surface area contributed by atoms with Gasteiger partial charge in [-0.1, -0.05) is 24.3 Å². The van der Waals surface area contributed by atoms with Crippen LogP contribution in [0.5, 0.6) is 0 Å². The van der Waals surface area contributed by atoms with Crippen molar-refractivity contribution in [3.05, 3.63) is 42.0 Å². The number of aliphatic carboxylic acids is 1. The van der Waals surface area contributed by atoms with Crippen molar-refractivity contribution >= 4 is 16.1 Å². The van der Waals surface area contributed by atoms with Gasteiger partial charge in [-0.05, 0) is 26.0 Å². The molecular weight excluding hydrogens is 272 g/mol. The zero-order valence-electron chi connectivity index (χ0n) is 11.0. The van der Waals surface area contributed by atoms with Gasteiger partial charge in [-0.15, -0.1) is 0 Å². The minimum absolute atomic E-state index is 0. The van der Waals surface area contributed by atoms with Crippen molar-refractivity contribution in [3.8, 4) is 0 Å². The van der Waals surface area contributed by atoms with Crippen LogP contribution in [0, 0.1) is 6.92 Å². The van der Waals surface area contributed by atoms with Crippen LogP contribution in [-0.4, -0.2) is 24.0 Å². The lowest BCUT2D eigenvalue weighted by Crippen LogP contribution is -1.96. The maximum Gasteiger partial charge on any atom is 0.330 e. The van der Waals surface area contributed by atoms with E-state index in [1.165, 1.54) is 19.1 Å². The quantitative estimate of drug-likeness (QED) is 0.479. The lowest BCUT2D eigenvalue weighted by Gasteiger charge is -1.95. The van der Waals surface area contributed by atoms with E-state index in [-0.39, 0.29) is 22.8 Å². The monoisotopic (exact) mass is 292 g/mol. The van der Waals surface area contributed by atoms with Gasteiger partial charge in [0.05, 0.1) is 4.90 Å². The first-order valence-corrected chi connectivity index (χ1v) is 6.01. The second-order valence-corrected chi connectivity index (χ2v) is 4.80. The lowest BCUT2D eigenvalue weighted by atomic mass is 10.2. The molecule has 0 saturated carbocycles. The maximum atomic E-state index is 10.5. The zero-order valence-corrected chi connectivity index (χ0v) is 11.8. The lowest BCUT2D eigenvalue weighted by molar-refractivity contribution is -0.132. The largest absolute Gasteiger partial charge is 0.478 e. The second kappa shape index (κ2) is 9.22. The van der Waals surface area contributed by atoms with Gasteiger partial charge in [-0.2, -0.15) is 8.42 Å². The number of rotatable bonds is 2. The molecule has 8 N–H and O–H groups in total. The number of hydrogen-bond acceptors (Lipinski definition) is 5. The molecule has 0 amide bonds. The molecular formula is C11H20N2O5S. The average molecular weight is 292 g/mol. The van der Waals surface area contributed by atoms with Crippen molar-refractivity contribution in [3.63, 3.8) is 0 Å². The highest BCUT2D eigenvalue weighted by molar-refractivity contribution is 7.85. The summed E-state index contributed by atoms with van der Waals surface area (Å²) >= 11 is 0. The van der Waals surface area contributed by atoms with Gasteiger partial charge in [0, 0.05) is 5.57 Å². The fourth-order valence-corrected chi connectivity index (χ4v) is 1.19. The van der Waals surface area contributed by atoms with Gasteiger partial charge < -0.3 is 17.4 Å². The van der Waals surface area contributed by atoms with Crippen molar-refractivity contribution in [2.45, 2.75) is 18.7 Å². The number of aryl methyl sites for hydroxylation is 1. The normalized spacial score (nSPS) is 9.00. The molecule has 1 aromatic carbocycles. The Balaban J connectivity index is -0.000000282. The van der Waals surface area contributed by atoms with E-state index in [4.69, 9.17) is 9.66 Å². The Labute approximate surface area is 112 Å². The third-order valence-electron chi connectivity index (χ3n) is 1.68. The van der Waals surface area contributed by atoms with E-state index < -0.39 is 16.1 Å². The Morgan fingerprint density at radius 2 is 1.47 bits per heavy atom. The summed E-state index contributed by atoms with van der Waals surface area (Å²) in [5.74, 6) is -0.935. The van der Waals surface area contributed by atoms with Crippen LogP contribution in [0.2, 0.25) is 0 Å². The predicted molar refractivity (Wildman–Crippen MR) is 73.5 cm³/mol. The molecule has 0 bridgehead atoms. The highest BCUT2D eigenvalue weighted by atomic mass is 32.2. The van der Waals surface area contributed by atoms with Crippen LogP contribution in [0.1, 0.15) is 12.5 Å². The van der Waals surface area contributed by atoms with Gasteiger partial charge >= 0.3 is 5.97 Å². The molecule has 1 rings (SSSR count). The van der Waals surface area contributed by atoms with E-state index >= 15 is 0 Å². The average Bonchev–Trinajstić information content (AvgIpc) is 2.17. The Morgan fingerprint density at radius 1 is 1.16 bits per heavy atom. The number of carbonyl (C=O) groups is 1. The predicted octanol–water partition coefficient (Wildman–Crippen LogP) is 2.21. The van der Waals surface area contributed by atoms with Gasteiger partial charge in [-0.3, -0.25) is 4.55 Å². The molecule has 0 aliphatic rings. The SMILES string of the molecule is C=C(C)C(=O)O.Cc1ccc(S(=O)(=O)O)cc1.N.N. The Kier molecular flexibility index (Phi) is 10.9. The summed E-state index contributed by atoms with van der Waals surface area (Å²) < 4.78 is 29.6. The van der Waals surface area contributed by atoms with E-state index in [0.29, 0.717) is 0 Å². The first kappa shape index (κ1) is 22.4. The number of carboxylic acid groups (broad SMARTS) is 1. The van der Waals surface area contributed by atoms with Crippen LogP contribution in [0.4, 0.5) is 0 Å². The first-order chi connectivity index (χ1) is 7.64. The Morgan fingerprint density at radius 3 is 1.68 bits per heavy atom. The minimum atomic E-state index is -4.02. The topological polar surface area (TPSA) is 162 Å². The van der Waals surface area contributed by atoms with Crippen LogP contribution in [0.15, 0.2) is 41.3 Å². The molecule has 0 heterocycles. The molecule has 0 aliphatic heterocycles.